The van der Waals surface area contributed by atoms with Crippen molar-refractivity contribution in [3.63, 3.8) is 0 Å². The smallest absolute Gasteiger partial charge is 0.326 e. The molecule has 0 saturated heterocycles. The molecule has 0 radical (unpaired) electrons. The van der Waals surface area contributed by atoms with Gasteiger partial charge in [0.25, 0.3) is 5.91 Å². The summed E-state index contributed by atoms with van der Waals surface area (Å²) >= 11 is 0. The van der Waals surface area contributed by atoms with Crippen LogP contribution in [-0.4, -0.2) is 23.0 Å². The quantitative estimate of drug-likeness (QED) is 0.888. The van der Waals surface area contributed by atoms with E-state index in [0.717, 1.165) is 18.2 Å². The lowest BCUT2D eigenvalue weighted by molar-refractivity contribution is -0.139. The largest absolute Gasteiger partial charge is 0.480 e. The fraction of sp³-hybridized carbons (Fsp3) is 0.125. The number of carbonyl (C=O) groups is 2. The van der Waals surface area contributed by atoms with Crippen molar-refractivity contribution in [3.05, 3.63) is 71.0 Å². The molecule has 2 rings (SSSR count). The molecule has 120 valence electrons. The summed E-state index contributed by atoms with van der Waals surface area (Å²) in [4.78, 5) is 23.2. The van der Waals surface area contributed by atoms with Gasteiger partial charge in [-0.3, -0.25) is 4.79 Å². The lowest BCUT2D eigenvalue weighted by atomic mass is 10.1. The van der Waals surface area contributed by atoms with Crippen molar-refractivity contribution < 1.29 is 27.9 Å². The minimum absolute atomic E-state index is 0.150. The minimum atomic E-state index is -1.34. The second-order valence-corrected chi connectivity index (χ2v) is 4.83. The fourth-order valence-electron chi connectivity index (χ4n) is 1.98. The van der Waals surface area contributed by atoms with Gasteiger partial charge in [-0.25, -0.2) is 18.0 Å². The molecule has 4 nitrogen and oxygen atoms in total. The number of halogens is 3. The van der Waals surface area contributed by atoms with Gasteiger partial charge in [0.15, 0.2) is 11.6 Å². The highest BCUT2D eigenvalue weighted by atomic mass is 19.2. The van der Waals surface area contributed by atoms with Crippen molar-refractivity contribution in [2.24, 2.45) is 0 Å². The second-order valence-electron chi connectivity index (χ2n) is 4.83. The number of hydrogen-bond acceptors (Lipinski definition) is 2. The van der Waals surface area contributed by atoms with Crippen LogP contribution in [0.4, 0.5) is 13.2 Å². The van der Waals surface area contributed by atoms with Crippen LogP contribution in [0.5, 0.6) is 0 Å². The van der Waals surface area contributed by atoms with Crippen LogP contribution in [0.25, 0.3) is 0 Å². The molecule has 0 aliphatic rings. The van der Waals surface area contributed by atoms with E-state index in [1.54, 1.807) is 0 Å². The zero-order chi connectivity index (χ0) is 17.0. The van der Waals surface area contributed by atoms with Gasteiger partial charge in [0.2, 0.25) is 0 Å². The van der Waals surface area contributed by atoms with Gasteiger partial charge < -0.3 is 10.4 Å². The summed E-state index contributed by atoms with van der Waals surface area (Å²) in [5, 5.41) is 11.4. The summed E-state index contributed by atoms with van der Waals surface area (Å²) in [6.07, 6.45) is -0.150. The summed E-state index contributed by atoms with van der Waals surface area (Å²) in [5.41, 5.74) is 0.164. The van der Waals surface area contributed by atoms with Gasteiger partial charge in [-0.05, 0) is 35.9 Å². The summed E-state index contributed by atoms with van der Waals surface area (Å²) in [7, 11) is 0. The molecular formula is C16H12F3NO3. The first-order valence-corrected chi connectivity index (χ1v) is 6.60. The van der Waals surface area contributed by atoms with Crippen molar-refractivity contribution in [2.75, 3.05) is 0 Å². The molecule has 0 aliphatic carbocycles. The summed E-state index contributed by atoms with van der Waals surface area (Å²) < 4.78 is 39.1. The molecule has 0 saturated carbocycles. The van der Waals surface area contributed by atoms with Gasteiger partial charge >= 0.3 is 5.97 Å². The first-order valence-electron chi connectivity index (χ1n) is 6.60. The molecular weight excluding hydrogens is 311 g/mol. The zero-order valence-corrected chi connectivity index (χ0v) is 11.7. The number of carboxylic acid groups (broad SMARTS) is 1. The highest BCUT2D eigenvalue weighted by Crippen LogP contribution is 2.10. The fourth-order valence-corrected chi connectivity index (χ4v) is 1.98. The SMILES string of the molecule is O=C(N[C@@H](Cc1cccc(F)c1)C(=O)O)c1ccc(F)c(F)c1. The summed E-state index contributed by atoms with van der Waals surface area (Å²) in [6.45, 7) is 0. The predicted octanol–water partition coefficient (Wildman–Crippen LogP) is 2.53. The maximum Gasteiger partial charge on any atom is 0.326 e. The van der Waals surface area contributed by atoms with Gasteiger partial charge in [0, 0.05) is 12.0 Å². The monoisotopic (exact) mass is 323 g/mol. The Hall–Kier alpha value is -2.83. The molecule has 0 heterocycles. The standard InChI is InChI=1S/C16H12F3NO3/c17-11-3-1-2-9(6-11)7-14(16(22)23)20-15(21)10-4-5-12(18)13(19)8-10/h1-6,8,14H,7H2,(H,20,21)(H,22,23)/t14-/m0/s1. The van der Waals surface area contributed by atoms with Crippen LogP contribution < -0.4 is 5.32 Å². The van der Waals surface area contributed by atoms with Crippen LogP contribution >= 0.6 is 0 Å². The van der Waals surface area contributed by atoms with E-state index in [0.29, 0.717) is 11.6 Å². The second kappa shape index (κ2) is 6.95. The molecule has 1 amide bonds. The van der Waals surface area contributed by atoms with Crippen molar-refractivity contribution in [1.29, 1.82) is 0 Å². The van der Waals surface area contributed by atoms with Gasteiger partial charge in [-0.1, -0.05) is 12.1 Å². The molecule has 0 spiro atoms. The van der Waals surface area contributed by atoms with Crippen molar-refractivity contribution in [3.8, 4) is 0 Å². The lowest BCUT2D eigenvalue weighted by Crippen LogP contribution is -2.42. The number of carbonyl (C=O) groups excluding carboxylic acids is 1. The van der Waals surface area contributed by atoms with Gasteiger partial charge in [0.1, 0.15) is 11.9 Å². The molecule has 0 fully saturated rings. The van der Waals surface area contributed by atoms with E-state index in [1.165, 1.54) is 18.2 Å². The van der Waals surface area contributed by atoms with Crippen LogP contribution in [0.15, 0.2) is 42.5 Å². The van der Waals surface area contributed by atoms with Crippen LogP contribution in [0.1, 0.15) is 15.9 Å². The van der Waals surface area contributed by atoms with E-state index in [4.69, 9.17) is 5.11 Å². The third-order valence-corrected chi connectivity index (χ3v) is 3.11. The van der Waals surface area contributed by atoms with E-state index in [9.17, 15) is 22.8 Å². The van der Waals surface area contributed by atoms with Crippen LogP contribution in [-0.2, 0) is 11.2 Å². The topological polar surface area (TPSA) is 66.4 Å². The first kappa shape index (κ1) is 16.5. The summed E-state index contributed by atoms with van der Waals surface area (Å²) in [6, 6.07) is 6.44. The minimum Gasteiger partial charge on any atom is -0.480 e. The number of rotatable bonds is 5. The number of aliphatic carboxylic acids is 1. The highest BCUT2D eigenvalue weighted by molar-refractivity contribution is 5.96. The molecule has 0 bridgehead atoms. The molecule has 23 heavy (non-hydrogen) atoms. The van der Waals surface area contributed by atoms with Gasteiger partial charge in [0.05, 0.1) is 0 Å². The van der Waals surface area contributed by atoms with E-state index < -0.39 is 35.4 Å². The number of benzene rings is 2. The van der Waals surface area contributed by atoms with E-state index >= 15 is 0 Å². The third-order valence-electron chi connectivity index (χ3n) is 3.11. The molecule has 1 atom stereocenters. The van der Waals surface area contributed by atoms with E-state index in [2.05, 4.69) is 5.32 Å². The number of hydrogen-bond donors (Lipinski definition) is 2. The zero-order valence-electron chi connectivity index (χ0n) is 11.7. The van der Waals surface area contributed by atoms with Gasteiger partial charge in [-0.2, -0.15) is 0 Å². The number of amides is 1. The van der Waals surface area contributed by atoms with Crippen LogP contribution in [0, 0.1) is 17.5 Å². The number of carboxylic acids is 1. The number of nitrogens with one attached hydrogen (secondary N) is 1. The Kier molecular flexibility index (Phi) is 5.00. The van der Waals surface area contributed by atoms with Crippen molar-refractivity contribution in [1.82, 2.24) is 5.32 Å². The van der Waals surface area contributed by atoms with Crippen LogP contribution in [0.3, 0.4) is 0 Å². The maximum atomic E-state index is 13.1. The van der Waals surface area contributed by atoms with Crippen LogP contribution in [0.2, 0.25) is 0 Å². The normalized spacial score (nSPS) is 11.8. The average Bonchev–Trinajstić information content (AvgIpc) is 2.49. The molecule has 0 aromatic heterocycles. The van der Waals surface area contributed by atoms with E-state index in [1.807, 2.05) is 0 Å². The first-order chi connectivity index (χ1) is 10.9. The Morgan fingerprint density at radius 1 is 1.04 bits per heavy atom. The Labute approximate surface area is 129 Å². The Bertz CT molecular complexity index is 749. The Balaban J connectivity index is 2.14. The molecule has 0 aliphatic heterocycles. The summed E-state index contributed by atoms with van der Waals surface area (Å²) in [5.74, 6) is -5.05. The Morgan fingerprint density at radius 2 is 1.78 bits per heavy atom. The van der Waals surface area contributed by atoms with Crippen molar-refractivity contribution in [2.45, 2.75) is 12.5 Å². The van der Waals surface area contributed by atoms with E-state index in [-0.39, 0.29) is 12.0 Å². The predicted molar refractivity (Wildman–Crippen MR) is 75.4 cm³/mol. The molecule has 2 aromatic rings. The lowest BCUT2D eigenvalue weighted by Gasteiger charge is -2.15. The van der Waals surface area contributed by atoms with Gasteiger partial charge in [-0.15, -0.1) is 0 Å². The molecule has 0 unspecified atom stereocenters. The molecule has 7 heteroatoms. The Morgan fingerprint density at radius 3 is 2.39 bits per heavy atom. The highest BCUT2D eigenvalue weighted by Gasteiger charge is 2.22. The average molecular weight is 323 g/mol. The van der Waals surface area contributed by atoms with Crippen molar-refractivity contribution >= 4 is 11.9 Å². The molecule has 2 N–H and O–H groups in total. The molecule has 2 aromatic carbocycles. The third kappa shape index (κ3) is 4.32. The maximum absolute atomic E-state index is 13.1.